The number of pyridine rings is 1. The number of fused-ring (bicyclic) bond motifs is 1. The Hall–Kier alpha value is -2.43. The largest absolute Gasteiger partial charge is 0.480 e. The molecule has 23 heavy (non-hydrogen) atoms. The Labute approximate surface area is 134 Å². The highest BCUT2D eigenvalue weighted by Crippen LogP contribution is 2.23. The second-order valence-electron chi connectivity index (χ2n) is 6.17. The number of carboxylic acids is 1. The van der Waals surface area contributed by atoms with Crippen molar-refractivity contribution in [2.75, 3.05) is 6.54 Å². The van der Waals surface area contributed by atoms with Gasteiger partial charge >= 0.3 is 5.97 Å². The van der Waals surface area contributed by atoms with Gasteiger partial charge in [-0.25, -0.2) is 4.79 Å². The molecule has 0 saturated carbocycles. The molecular weight excluding hydrogens is 292 g/mol. The number of carboxylic acid groups (broad SMARTS) is 1. The van der Waals surface area contributed by atoms with Gasteiger partial charge in [0, 0.05) is 11.9 Å². The van der Waals surface area contributed by atoms with Crippen molar-refractivity contribution in [1.82, 2.24) is 9.88 Å². The van der Waals surface area contributed by atoms with Crippen LogP contribution >= 0.6 is 0 Å². The highest BCUT2D eigenvalue weighted by atomic mass is 16.4. The molecule has 1 aliphatic heterocycles. The lowest BCUT2D eigenvalue weighted by Crippen LogP contribution is -2.48. The molecule has 0 bridgehead atoms. The third kappa shape index (κ3) is 2.91. The summed E-state index contributed by atoms with van der Waals surface area (Å²) in [7, 11) is 0. The number of aryl methyl sites for hydroxylation is 2. The summed E-state index contributed by atoms with van der Waals surface area (Å²) in [5, 5.41) is 10.3. The first kappa shape index (κ1) is 15.5. The number of nitrogens with zero attached hydrogens (tertiary/aromatic N) is 2. The molecule has 1 unspecified atom stereocenters. The first-order valence-electron chi connectivity index (χ1n) is 7.89. The number of aliphatic carboxylic acids is 1. The van der Waals surface area contributed by atoms with Crippen LogP contribution in [-0.2, 0) is 4.79 Å². The van der Waals surface area contributed by atoms with E-state index in [9.17, 15) is 14.7 Å². The molecule has 120 valence electrons. The zero-order chi connectivity index (χ0) is 16.6. The van der Waals surface area contributed by atoms with E-state index >= 15 is 0 Å². The Morgan fingerprint density at radius 1 is 1.22 bits per heavy atom. The summed E-state index contributed by atoms with van der Waals surface area (Å²) >= 11 is 0. The summed E-state index contributed by atoms with van der Waals surface area (Å²) in [5.41, 5.74) is 3.08. The Balaban J connectivity index is 2.02. The fourth-order valence-electron chi connectivity index (χ4n) is 3.19. The van der Waals surface area contributed by atoms with Crippen LogP contribution in [0, 0.1) is 13.8 Å². The lowest BCUT2D eigenvalue weighted by atomic mass is 10.00. The van der Waals surface area contributed by atoms with Crippen LogP contribution < -0.4 is 0 Å². The Kier molecular flexibility index (Phi) is 4.03. The SMILES string of the molecule is Cc1ccc2nc(C)c(C(=O)N3CCCCC3C(=O)O)cc2c1. The number of benzene rings is 1. The van der Waals surface area contributed by atoms with Crippen LogP contribution in [0.4, 0.5) is 0 Å². The molecule has 0 spiro atoms. The standard InChI is InChI=1S/C18H20N2O3/c1-11-6-7-15-13(9-11)10-14(12(2)19-15)17(21)20-8-4-3-5-16(20)18(22)23/h6-7,9-10,16H,3-5,8H2,1-2H3,(H,22,23). The van der Waals surface area contributed by atoms with Crippen molar-refractivity contribution in [2.24, 2.45) is 0 Å². The molecule has 0 aliphatic carbocycles. The van der Waals surface area contributed by atoms with Crippen molar-refractivity contribution in [1.29, 1.82) is 0 Å². The van der Waals surface area contributed by atoms with Crippen LogP contribution in [0.5, 0.6) is 0 Å². The maximum absolute atomic E-state index is 12.9. The molecule has 1 aromatic heterocycles. The molecule has 1 amide bonds. The minimum absolute atomic E-state index is 0.231. The van der Waals surface area contributed by atoms with E-state index in [1.807, 2.05) is 31.2 Å². The van der Waals surface area contributed by atoms with Gasteiger partial charge in [-0.05, 0) is 51.3 Å². The smallest absolute Gasteiger partial charge is 0.326 e. The first-order valence-corrected chi connectivity index (χ1v) is 7.89. The average molecular weight is 312 g/mol. The third-order valence-electron chi connectivity index (χ3n) is 4.44. The van der Waals surface area contributed by atoms with Crippen molar-refractivity contribution in [3.8, 4) is 0 Å². The van der Waals surface area contributed by atoms with E-state index < -0.39 is 12.0 Å². The summed E-state index contributed by atoms with van der Waals surface area (Å²) in [5.74, 6) is -1.16. The Morgan fingerprint density at radius 2 is 2.00 bits per heavy atom. The van der Waals surface area contributed by atoms with Gasteiger partial charge in [0.15, 0.2) is 0 Å². The van der Waals surface area contributed by atoms with Gasteiger partial charge in [0.25, 0.3) is 5.91 Å². The van der Waals surface area contributed by atoms with Crippen molar-refractivity contribution in [3.05, 3.63) is 41.1 Å². The van der Waals surface area contributed by atoms with Crippen molar-refractivity contribution in [2.45, 2.75) is 39.2 Å². The topological polar surface area (TPSA) is 70.5 Å². The normalized spacial score (nSPS) is 18.2. The number of aromatic nitrogens is 1. The van der Waals surface area contributed by atoms with E-state index in [0.717, 1.165) is 29.3 Å². The van der Waals surface area contributed by atoms with E-state index in [1.54, 1.807) is 6.92 Å². The van der Waals surface area contributed by atoms with Crippen LogP contribution in [0.2, 0.25) is 0 Å². The van der Waals surface area contributed by atoms with E-state index in [1.165, 1.54) is 4.90 Å². The summed E-state index contributed by atoms with van der Waals surface area (Å²) in [6.07, 6.45) is 2.20. The molecule has 0 radical (unpaired) electrons. The highest BCUT2D eigenvalue weighted by Gasteiger charge is 2.33. The summed E-state index contributed by atoms with van der Waals surface area (Å²) in [4.78, 5) is 30.3. The highest BCUT2D eigenvalue weighted by molar-refractivity contribution is 6.00. The van der Waals surface area contributed by atoms with Crippen molar-refractivity contribution < 1.29 is 14.7 Å². The minimum atomic E-state index is -0.930. The zero-order valence-electron chi connectivity index (χ0n) is 13.4. The second-order valence-corrected chi connectivity index (χ2v) is 6.17. The summed E-state index contributed by atoms with van der Waals surface area (Å²) in [6, 6.07) is 7.02. The number of likely N-dealkylation sites (tertiary alicyclic amines) is 1. The number of hydrogen-bond donors (Lipinski definition) is 1. The second kappa shape index (κ2) is 5.99. The fraction of sp³-hybridized carbons (Fsp3) is 0.389. The maximum Gasteiger partial charge on any atom is 0.326 e. The van der Waals surface area contributed by atoms with Crippen LogP contribution in [0.1, 0.15) is 40.9 Å². The fourth-order valence-corrected chi connectivity index (χ4v) is 3.19. The van der Waals surface area contributed by atoms with Gasteiger partial charge in [0.1, 0.15) is 6.04 Å². The van der Waals surface area contributed by atoms with Gasteiger partial charge in [-0.15, -0.1) is 0 Å². The molecule has 3 rings (SSSR count). The van der Waals surface area contributed by atoms with Gasteiger partial charge < -0.3 is 10.0 Å². The predicted molar refractivity (Wildman–Crippen MR) is 87.5 cm³/mol. The number of hydrogen-bond acceptors (Lipinski definition) is 3. The predicted octanol–water partition coefficient (Wildman–Crippen LogP) is 2.93. The Morgan fingerprint density at radius 3 is 2.74 bits per heavy atom. The van der Waals surface area contributed by atoms with E-state index in [2.05, 4.69) is 4.98 Å². The van der Waals surface area contributed by atoms with Crippen LogP contribution in [0.25, 0.3) is 10.9 Å². The van der Waals surface area contributed by atoms with Gasteiger partial charge in [-0.1, -0.05) is 11.6 Å². The molecule has 5 heteroatoms. The molecule has 2 heterocycles. The average Bonchev–Trinajstić information content (AvgIpc) is 2.54. The van der Waals surface area contributed by atoms with Crippen LogP contribution in [0.3, 0.4) is 0 Å². The van der Waals surface area contributed by atoms with Gasteiger partial charge in [-0.3, -0.25) is 9.78 Å². The molecular formula is C18H20N2O3. The summed E-state index contributed by atoms with van der Waals surface area (Å²) in [6.45, 7) is 4.28. The van der Waals surface area contributed by atoms with Gasteiger partial charge in [0.05, 0.1) is 16.8 Å². The number of carbonyl (C=O) groups is 2. The summed E-state index contributed by atoms with van der Waals surface area (Å²) < 4.78 is 0. The van der Waals surface area contributed by atoms with E-state index in [-0.39, 0.29) is 5.91 Å². The van der Waals surface area contributed by atoms with Crippen molar-refractivity contribution >= 4 is 22.8 Å². The molecule has 1 N–H and O–H groups in total. The molecule has 1 saturated heterocycles. The molecule has 5 nitrogen and oxygen atoms in total. The quantitative estimate of drug-likeness (QED) is 0.925. The van der Waals surface area contributed by atoms with Crippen LogP contribution in [-0.4, -0.2) is 39.5 Å². The van der Waals surface area contributed by atoms with Gasteiger partial charge in [0.2, 0.25) is 0 Å². The number of piperidine rings is 1. The van der Waals surface area contributed by atoms with Gasteiger partial charge in [-0.2, -0.15) is 0 Å². The molecule has 1 fully saturated rings. The third-order valence-corrected chi connectivity index (χ3v) is 4.44. The molecule has 1 aromatic carbocycles. The minimum Gasteiger partial charge on any atom is -0.480 e. The van der Waals surface area contributed by atoms with Crippen molar-refractivity contribution in [3.63, 3.8) is 0 Å². The lowest BCUT2D eigenvalue weighted by molar-refractivity contribution is -0.143. The lowest BCUT2D eigenvalue weighted by Gasteiger charge is -2.33. The number of carbonyl (C=O) groups excluding carboxylic acids is 1. The first-order chi connectivity index (χ1) is 11.0. The number of rotatable bonds is 2. The van der Waals surface area contributed by atoms with E-state index in [0.29, 0.717) is 24.2 Å². The molecule has 1 atom stereocenters. The molecule has 1 aliphatic rings. The Bertz CT molecular complexity index is 785. The van der Waals surface area contributed by atoms with E-state index in [4.69, 9.17) is 0 Å². The molecule has 2 aromatic rings. The monoisotopic (exact) mass is 312 g/mol. The maximum atomic E-state index is 12.9. The zero-order valence-corrected chi connectivity index (χ0v) is 13.4. The number of amides is 1. The van der Waals surface area contributed by atoms with Crippen LogP contribution in [0.15, 0.2) is 24.3 Å².